The summed E-state index contributed by atoms with van der Waals surface area (Å²) in [5.74, 6) is 0.528. The summed E-state index contributed by atoms with van der Waals surface area (Å²) >= 11 is 0. The summed E-state index contributed by atoms with van der Waals surface area (Å²) in [6, 6.07) is 8.67. The van der Waals surface area contributed by atoms with Crippen LogP contribution in [0.3, 0.4) is 0 Å². The molecule has 1 fully saturated rings. The van der Waals surface area contributed by atoms with Crippen molar-refractivity contribution < 1.29 is 14.3 Å². The lowest BCUT2D eigenvalue weighted by Crippen LogP contribution is -2.53. The third-order valence-electron chi connectivity index (χ3n) is 4.86. The second-order valence-electron chi connectivity index (χ2n) is 6.90. The van der Waals surface area contributed by atoms with Crippen LogP contribution in [0.4, 0.5) is 4.79 Å². The van der Waals surface area contributed by atoms with Gasteiger partial charge in [-0.3, -0.25) is 10.1 Å². The first-order valence-corrected chi connectivity index (χ1v) is 8.76. The first-order chi connectivity index (χ1) is 12.8. The predicted molar refractivity (Wildman–Crippen MR) is 103 cm³/mol. The number of benzene rings is 1. The van der Waals surface area contributed by atoms with Crippen molar-refractivity contribution >= 4 is 17.5 Å². The minimum absolute atomic E-state index is 0.262. The lowest BCUT2D eigenvalue weighted by molar-refractivity contribution is -0.127. The van der Waals surface area contributed by atoms with Gasteiger partial charge in [-0.05, 0) is 54.8 Å². The van der Waals surface area contributed by atoms with Crippen molar-refractivity contribution in [2.45, 2.75) is 26.8 Å². The van der Waals surface area contributed by atoms with Gasteiger partial charge in [-0.25, -0.2) is 9.78 Å². The van der Waals surface area contributed by atoms with E-state index in [-0.39, 0.29) is 23.9 Å². The number of hydrogen-bond donors (Lipinski definition) is 1. The molecule has 1 aliphatic rings. The maximum Gasteiger partial charge on any atom is 0.324 e. The first kappa shape index (κ1) is 18.6. The lowest BCUT2D eigenvalue weighted by Gasteiger charge is -2.37. The molecule has 3 rings (SSSR count). The molecule has 1 aliphatic heterocycles. The van der Waals surface area contributed by atoms with Crippen LogP contribution < -0.4 is 10.1 Å². The summed E-state index contributed by atoms with van der Waals surface area (Å²) in [6.45, 7) is 9.62. The molecule has 140 valence electrons. The van der Waals surface area contributed by atoms with E-state index < -0.39 is 0 Å². The van der Waals surface area contributed by atoms with Crippen LogP contribution in [0, 0.1) is 12.8 Å². The molecule has 0 radical (unpaired) electrons. The monoisotopic (exact) mass is 365 g/mol. The van der Waals surface area contributed by atoms with E-state index in [4.69, 9.17) is 4.74 Å². The zero-order valence-electron chi connectivity index (χ0n) is 15.9. The SMILES string of the molecule is C=C(C)c1cccnc1Oc1ccc(C2C(C)C(=O)NC(=O)N2C)c(C)c1. The van der Waals surface area contributed by atoms with Crippen LogP contribution >= 0.6 is 0 Å². The van der Waals surface area contributed by atoms with Crippen molar-refractivity contribution in [1.29, 1.82) is 0 Å². The van der Waals surface area contributed by atoms with E-state index in [9.17, 15) is 9.59 Å². The number of aryl methyl sites for hydroxylation is 1. The largest absolute Gasteiger partial charge is 0.438 e. The standard InChI is InChI=1S/C21H23N3O3/c1-12(2)16-7-6-10-22-20(16)27-15-8-9-17(13(3)11-15)18-14(4)19(25)23-21(26)24(18)5/h6-11,14,18H,1H2,2-5H3,(H,23,25,26). The van der Waals surface area contributed by atoms with Gasteiger partial charge in [-0.15, -0.1) is 0 Å². The molecule has 1 aromatic carbocycles. The van der Waals surface area contributed by atoms with E-state index in [1.807, 2.05) is 51.1 Å². The van der Waals surface area contributed by atoms with Crippen molar-refractivity contribution in [1.82, 2.24) is 15.2 Å². The third kappa shape index (κ3) is 3.56. The molecule has 2 aromatic rings. The van der Waals surface area contributed by atoms with Crippen molar-refractivity contribution in [2.75, 3.05) is 7.05 Å². The highest BCUT2D eigenvalue weighted by Gasteiger charge is 2.38. The Morgan fingerprint density at radius 2 is 2.04 bits per heavy atom. The second kappa shape index (κ2) is 7.23. The Morgan fingerprint density at radius 1 is 1.30 bits per heavy atom. The van der Waals surface area contributed by atoms with Gasteiger partial charge in [-0.2, -0.15) is 0 Å². The number of nitrogens with zero attached hydrogens (tertiary/aromatic N) is 2. The van der Waals surface area contributed by atoms with Gasteiger partial charge in [-0.1, -0.05) is 19.6 Å². The van der Waals surface area contributed by atoms with E-state index in [0.717, 1.165) is 22.3 Å². The minimum atomic E-state index is -0.387. The third-order valence-corrected chi connectivity index (χ3v) is 4.86. The molecule has 2 unspecified atom stereocenters. The van der Waals surface area contributed by atoms with Gasteiger partial charge in [0.15, 0.2) is 0 Å². The van der Waals surface area contributed by atoms with E-state index in [0.29, 0.717) is 11.6 Å². The fraction of sp³-hybridized carbons (Fsp3) is 0.286. The molecule has 1 saturated heterocycles. The minimum Gasteiger partial charge on any atom is -0.438 e. The number of nitrogens with one attached hydrogen (secondary N) is 1. The number of hydrogen-bond acceptors (Lipinski definition) is 4. The van der Waals surface area contributed by atoms with E-state index >= 15 is 0 Å². The number of carbonyl (C=O) groups excluding carboxylic acids is 2. The molecule has 0 saturated carbocycles. The molecular weight excluding hydrogens is 342 g/mol. The Balaban J connectivity index is 1.92. The predicted octanol–water partition coefficient (Wildman–Crippen LogP) is 4.07. The molecule has 1 N–H and O–H groups in total. The summed E-state index contributed by atoms with van der Waals surface area (Å²) in [7, 11) is 1.69. The van der Waals surface area contributed by atoms with E-state index in [1.54, 1.807) is 18.1 Å². The number of allylic oxidation sites excluding steroid dienone is 1. The highest BCUT2D eigenvalue weighted by Crippen LogP contribution is 2.35. The highest BCUT2D eigenvalue weighted by atomic mass is 16.5. The van der Waals surface area contributed by atoms with Gasteiger partial charge in [0.25, 0.3) is 0 Å². The lowest BCUT2D eigenvalue weighted by atomic mass is 9.88. The molecule has 0 spiro atoms. The summed E-state index contributed by atoms with van der Waals surface area (Å²) in [5.41, 5.74) is 3.57. The van der Waals surface area contributed by atoms with Gasteiger partial charge in [0.05, 0.1) is 12.0 Å². The van der Waals surface area contributed by atoms with Crippen LogP contribution in [0.25, 0.3) is 5.57 Å². The maximum atomic E-state index is 12.1. The molecular formula is C21H23N3O3. The van der Waals surface area contributed by atoms with E-state index in [2.05, 4.69) is 16.9 Å². The van der Waals surface area contributed by atoms with E-state index in [1.165, 1.54) is 0 Å². The van der Waals surface area contributed by atoms with Gasteiger partial charge >= 0.3 is 6.03 Å². The zero-order valence-corrected chi connectivity index (χ0v) is 15.9. The number of imide groups is 1. The molecule has 1 aromatic heterocycles. The topological polar surface area (TPSA) is 71.5 Å². The van der Waals surface area contributed by atoms with Crippen LogP contribution in [0.5, 0.6) is 11.6 Å². The Hall–Kier alpha value is -3.15. The molecule has 2 atom stereocenters. The Morgan fingerprint density at radius 3 is 2.70 bits per heavy atom. The van der Waals surface area contributed by atoms with Crippen molar-refractivity contribution in [3.05, 3.63) is 59.8 Å². The van der Waals surface area contributed by atoms with Gasteiger partial charge in [0.2, 0.25) is 11.8 Å². The van der Waals surface area contributed by atoms with Crippen molar-refractivity contribution in [2.24, 2.45) is 5.92 Å². The summed E-state index contributed by atoms with van der Waals surface area (Å²) in [4.78, 5) is 29.9. The highest BCUT2D eigenvalue weighted by molar-refractivity contribution is 5.98. The summed E-state index contributed by atoms with van der Waals surface area (Å²) < 4.78 is 5.96. The fourth-order valence-electron chi connectivity index (χ4n) is 3.34. The fourth-order valence-corrected chi connectivity index (χ4v) is 3.34. The average Bonchev–Trinajstić information content (AvgIpc) is 2.62. The Labute approximate surface area is 158 Å². The number of carbonyl (C=O) groups is 2. The molecule has 2 heterocycles. The molecule has 3 amide bonds. The Bertz CT molecular complexity index is 903. The van der Waals surface area contributed by atoms with Gasteiger partial charge in [0.1, 0.15) is 5.75 Å². The number of rotatable bonds is 4. The van der Waals surface area contributed by atoms with Crippen LogP contribution in [-0.4, -0.2) is 28.9 Å². The maximum absolute atomic E-state index is 12.1. The number of ether oxygens (including phenoxy) is 1. The Kier molecular flexibility index (Phi) is 4.99. The zero-order chi connectivity index (χ0) is 19.7. The van der Waals surface area contributed by atoms with Crippen LogP contribution in [-0.2, 0) is 4.79 Å². The normalized spacial score (nSPS) is 19.6. The molecule has 27 heavy (non-hydrogen) atoms. The van der Waals surface area contributed by atoms with Crippen molar-refractivity contribution in [3.8, 4) is 11.6 Å². The smallest absolute Gasteiger partial charge is 0.324 e. The van der Waals surface area contributed by atoms with Crippen LogP contribution in [0.1, 0.15) is 36.6 Å². The van der Waals surface area contributed by atoms with Crippen LogP contribution in [0.15, 0.2) is 43.1 Å². The number of amides is 3. The first-order valence-electron chi connectivity index (χ1n) is 8.76. The summed E-state index contributed by atoms with van der Waals surface area (Å²) in [5, 5.41) is 2.37. The second-order valence-corrected chi connectivity index (χ2v) is 6.90. The number of urea groups is 1. The van der Waals surface area contributed by atoms with Crippen molar-refractivity contribution in [3.63, 3.8) is 0 Å². The average molecular weight is 365 g/mol. The van der Waals surface area contributed by atoms with Gasteiger partial charge < -0.3 is 9.64 Å². The quantitative estimate of drug-likeness (QED) is 0.886. The van der Waals surface area contributed by atoms with Gasteiger partial charge in [0, 0.05) is 18.8 Å². The number of aromatic nitrogens is 1. The molecule has 6 heteroatoms. The molecule has 0 aliphatic carbocycles. The summed E-state index contributed by atoms with van der Waals surface area (Å²) in [6.07, 6.45) is 1.67. The molecule has 6 nitrogen and oxygen atoms in total. The number of pyridine rings is 1. The van der Waals surface area contributed by atoms with Crippen LogP contribution in [0.2, 0.25) is 0 Å². The molecule has 0 bridgehead atoms.